The van der Waals surface area contributed by atoms with Gasteiger partial charge >= 0.3 is 0 Å². The Morgan fingerprint density at radius 3 is 2.88 bits per heavy atom. The van der Waals surface area contributed by atoms with Gasteiger partial charge in [-0.2, -0.15) is 0 Å². The Balaban J connectivity index is 1.49. The van der Waals surface area contributed by atoms with Gasteiger partial charge in [-0.15, -0.1) is 11.3 Å². The van der Waals surface area contributed by atoms with Crippen molar-refractivity contribution in [2.45, 2.75) is 31.8 Å². The van der Waals surface area contributed by atoms with E-state index in [-0.39, 0.29) is 17.7 Å². The third-order valence-corrected chi connectivity index (χ3v) is 6.34. The number of phenolic OH excluding ortho intramolecular Hbond substituents is 1. The fraction of sp³-hybridized carbons (Fsp3) is 0.444. The van der Waals surface area contributed by atoms with Crippen molar-refractivity contribution in [2.75, 3.05) is 13.1 Å². The van der Waals surface area contributed by atoms with Crippen LogP contribution in [0.4, 0.5) is 0 Å². The molecule has 3 aliphatic heterocycles. The summed E-state index contributed by atoms with van der Waals surface area (Å²) in [7, 11) is 0. The fourth-order valence-electron chi connectivity index (χ4n) is 3.92. The number of piperidine rings is 3. The summed E-state index contributed by atoms with van der Waals surface area (Å²) in [5.41, 5.74) is 0.829. The molecule has 24 heavy (non-hydrogen) atoms. The molecule has 2 aromatic rings. The Hall–Kier alpha value is -1.92. The molecule has 6 heteroatoms. The fourth-order valence-corrected chi connectivity index (χ4v) is 4.73. The third-order valence-electron chi connectivity index (χ3n) is 5.30. The number of rotatable bonds is 3. The maximum atomic E-state index is 12.6. The molecule has 2 N–H and O–H groups in total. The second-order valence-corrected chi connectivity index (χ2v) is 7.72. The topological polar surface area (TPSA) is 65.5 Å². The molecule has 0 saturated carbocycles. The van der Waals surface area contributed by atoms with Crippen LogP contribution < -0.4 is 5.32 Å². The summed E-state index contributed by atoms with van der Waals surface area (Å²) >= 11 is 1.36. The molecule has 1 aromatic heterocycles. The van der Waals surface area contributed by atoms with Crippen LogP contribution in [0.25, 0.3) is 10.6 Å². The molecule has 0 spiro atoms. The van der Waals surface area contributed by atoms with Crippen molar-refractivity contribution in [1.29, 1.82) is 0 Å². The number of phenols is 1. The van der Waals surface area contributed by atoms with Gasteiger partial charge in [-0.05, 0) is 50.9 Å². The Morgan fingerprint density at radius 1 is 1.38 bits per heavy atom. The average molecular weight is 343 g/mol. The van der Waals surface area contributed by atoms with Crippen LogP contribution in [0.5, 0.6) is 5.75 Å². The van der Waals surface area contributed by atoms with E-state index in [4.69, 9.17) is 0 Å². The number of hydrogen-bond acceptors (Lipinski definition) is 5. The molecule has 5 rings (SSSR count). The van der Waals surface area contributed by atoms with E-state index in [0.717, 1.165) is 23.7 Å². The summed E-state index contributed by atoms with van der Waals surface area (Å²) in [6.45, 7) is 4.52. The second kappa shape index (κ2) is 6.18. The van der Waals surface area contributed by atoms with Crippen LogP contribution in [0.15, 0.2) is 30.5 Å². The molecule has 1 aromatic carbocycles. The van der Waals surface area contributed by atoms with Gasteiger partial charge in [-0.3, -0.25) is 9.69 Å². The van der Waals surface area contributed by atoms with Gasteiger partial charge in [-0.25, -0.2) is 4.98 Å². The van der Waals surface area contributed by atoms with Crippen LogP contribution in [0, 0.1) is 5.92 Å². The molecule has 0 radical (unpaired) electrons. The van der Waals surface area contributed by atoms with Gasteiger partial charge in [0, 0.05) is 17.6 Å². The van der Waals surface area contributed by atoms with Gasteiger partial charge in [0.1, 0.15) is 15.6 Å². The van der Waals surface area contributed by atoms with Crippen molar-refractivity contribution in [3.8, 4) is 16.3 Å². The van der Waals surface area contributed by atoms with E-state index >= 15 is 0 Å². The first-order chi connectivity index (χ1) is 11.6. The zero-order valence-corrected chi connectivity index (χ0v) is 14.4. The molecule has 5 nitrogen and oxygen atoms in total. The van der Waals surface area contributed by atoms with Crippen LogP contribution in [-0.4, -0.2) is 46.1 Å². The molecule has 3 aliphatic rings. The average Bonchev–Trinajstić information content (AvgIpc) is 3.09. The zero-order valence-electron chi connectivity index (χ0n) is 13.6. The van der Waals surface area contributed by atoms with E-state index in [9.17, 15) is 9.90 Å². The largest absolute Gasteiger partial charge is 0.508 e. The first-order valence-electron chi connectivity index (χ1n) is 8.42. The van der Waals surface area contributed by atoms with E-state index < -0.39 is 0 Å². The number of nitrogens with zero attached hydrogens (tertiary/aromatic N) is 2. The molecule has 3 saturated heterocycles. The maximum absolute atomic E-state index is 12.6. The number of benzene rings is 1. The summed E-state index contributed by atoms with van der Waals surface area (Å²) in [5, 5.41) is 13.6. The predicted molar refractivity (Wildman–Crippen MR) is 94.2 cm³/mol. The number of fused-ring (bicyclic) bond motifs is 3. The Labute approximate surface area is 145 Å². The predicted octanol–water partition coefficient (Wildman–Crippen LogP) is 2.73. The smallest absolute Gasteiger partial charge is 0.263 e. The Bertz CT molecular complexity index is 750. The number of carbonyl (C=O) groups is 1. The lowest BCUT2D eigenvalue weighted by Gasteiger charge is -2.49. The van der Waals surface area contributed by atoms with E-state index in [1.807, 2.05) is 6.07 Å². The summed E-state index contributed by atoms with van der Waals surface area (Å²) in [4.78, 5) is 20.1. The molecular weight excluding hydrogens is 322 g/mol. The molecule has 1 amide bonds. The zero-order chi connectivity index (χ0) is 16.7. The van der Waals surface area contributed by atoms with Crippen molar-refractivity contribution < 1.29 is 9.90 Å². The SMILES string of the molecule is C[C@H]1[C@H](NC(=O)c2cnc(-c3cccc(O)c3)s2)C2CCN1CC2. The molecule has 2 atom stereocenters. The number of amides is 1. The lowest BCUT2D eigenvalue weighted by Crippen LogP contribution is -2.62. The summed E-state index contributed by atoms with van der Waals surface area (Å²) in [5.74, 6) is 0.756. The van der Waals surface area contributed by atoms with Crippen molar-refractivity contribution in [2.24, 2.45) is 5.92 Å². The first kappa shape index (κ1) is 15.6. The van der Waals surface area contributed by atoms with Gasteiger partial charge in [0.05, 0.1) is 6.20 Å². The van der Waals surface area contributed by atoms with Gasteiger partial charge in [0.25, 0.3) is 5.91 Å². The van der Waals surface area contributed by atoms with Crippen LogP contribution in [0.3, 0.4) is 0 Å². The number of aromatic hydroxyl groups is 1. The van der Waals surface area contributed by atoms with Crippen molar-refractivity contribution in [3.63, 3.8) is 0 Å². The van der Waals surface area contributed by atoms with Gasteiger partial charge in [0.2, 0.25) is 0 Å². The monoisotopic (exact) mass is 343 g/mol. The maximum Gasteiger partial charge on any atom is 0.263 e. The van der Waals surface area contributed by atoms with Crippen molar-refractivity contribution in [3.05, 3.63) is 35.3 Å². The molecule has 3 fully saturated rings. The van der Waals surface area contributed by atoms with E-state index in [2.05, 4.69) is 22.1 Å². The van der Waals surface area contributed by atoms with Crippen LogP contribution in [0.1, 0.15) is 29.4 Å². The van der Waals surface area contributed by atoms with E-state index in [1.165, 1.54) is 24.2 Å². The van der Waals surface area contributed by atoms with Crippen LogP contribution >= 0.6 is 11.3 Å². The third kappa shape index (κ3) is 2.80. The van der Waals surface area contributed by atoms with Crippen LogP contribution in [-0.2, 0) is 0 Å². The van der Waals surface area contributed by atoms with E-state index in [1.54, 1.807) is 24.4 Å². The van der Waals surface area contributed by atoms with E-state index in [0.29, 0.717) is 16.8 Å². The normalized spacial score (nSPS) is 28.7. The number of hydrogen-bond donors (Lipinski definition) is 2. The molecule has 2 bridgehead atoms. The minimum absolute atomic E-state index is 0.0375. The minimum Gasteiger partial charge on any atom is -0.508 e. The highest BCUT2D eigenvalue weighted by Gasteiger charge is 2.40. The highest BCUT2D eigenvalue weighted by Crippen LogP contribution is 2.33. The lowest BCUT2D eigenvalue weighted by atomic mass is 9.79. The summed E-state index contributed by atoms with van der Waals surface area (Å²) in [6, 6.07) is 7.58. The highest BCUT2D eigenvalue weighted by molar-refractivity contribution is 7.16. The lowest BCUT2D eigenvalue weighted by molar-refractivity contribution is 0.0218. The highest BCUT2D eigenvalue weighted by atomic mass is 32.1. The molecule has 0 unspecified atom stereocenters. The summed E-state index contributed by atoms with van der Waals surface area (Å²) in [6.07, 6.45) is 3.98. The number of aromatic nitrogens is 1. The standard InChI is InChI=1S/C18H21N3O2S/c1-11-16(12-5-7-21(11)8-6-12)20-17(23)15-10-19-18(24-15)13-3-2-4-14(22)9-13/h2-4,9-12,16,22H,5-8H2,1H3,(H,20,23)/t11-,16-/m0/s1. The summed E-state index contributed by atoms with van der Waals surface area (Å²) < 4.78 is 0. The second-order valence-electron chi connectivity index (χ2n) is 6.69. The number of carbonyl (C=O) groups excluding carboxylic acids is 1. The first-order valence-corrected chi connectivity index (χ1v) is 9.23. The van der Waals surface area contributed by atoms with Crippen molar-refractivity contribution in [1.82, 2.24) is 15.2 Å². The van der Waals surface area contributed by atoms with Crippen molar-refractivity contribution >= 4 is 17.2 Å². The number of nitrogens with one attached hydrogen (secondary N) is 1. The van der Waals surface area contributed by atoms with Gasteiger partial charge in [-0.1, -0.05) is 12.1 Å². The van der Waals surface area contributed by atoms with Gasteiger partial charge in [0.15, 0.2) is 0 Å². The Kier molecular flexibility index (Phi) is 4.02. The number of thiazole rings is 1. The van der Waals surface area contributed by atoms with Gasteiger partial charge < -0.3 is 10.4 Å². The molecule has 0 aliphatic carbocycles. The minimum atomic E-state index is -0.0375. The molecular formula is C18H21N3O2S. The Morgan fingerprint density at radius 2 is 2.17 bits per heavy atom. The molecule has 126 valence electrons. The quantitative estimate of drug-likeness (QED) is 0.899. The van der Waals surface area contributed by atoms with Crippen LogP contribution in [0.2, 0.25) is 0 Å². The molecule has 4 heterocycles.